The van der Waals surface area contributed by atoms with E-state index in [4.69, 9.17) is 0 Å². The first-order valence-corrected chi connectivity index (χ1v) is 5.74. The fourth-order valence-corrected chi connectivity index (χ4v) is 1.98. The van der Waals surface area contributed by atoms with Crippen LogP contribution in [0.2, 0.25) is 0 Å². The van der Waals surface area contributed by atoms with Crippen LogP contribution in [0.5, 0.6) is 5.75 Å². The molecule has 2 heteroatoms. The van der Waals surface area contributed by atoms with E-state index in [9.17, 15) is 5.11 Å². The van der Waals surface area contributed by atoms with Gasteiger partial charge in [-0.3, -0.25) is 4.48 Å². The molecular weight excluding hydrogens is 210 g/mol. The first kappa shape index (κ1) is 11.7. The molecule has 0 saturated heterocycles. The van der Waals surface area contributed by atoms with Gasteiger partial charge < -0.3 is 5.11 Å². The van der Waals surface area contributed by atoms with E-state index in [1.807, 2.05) is 18.2 Å². The molecule has 0 radical (unpaired) electrons. The van der Waals surface area contributed by atoms with Crippen molar-refractivity contribution in [1.82, 2.24) is 4.48 Å². The van der Waals surface area contributed by atoms with E-state index in [0.29, 0.717) is 5.75 Å². The predicted molar refractivity (Wildman–Crippen MR) is 71.9 cm³/mol. The Labute approximate surface area is 102 Å². The molecule has 2 aromatic rings. The average Bonchev–Trinajstić information content (AvgIpc) is 2.33. The van der Waals surface area contributed by atoms with Gasteiger partial charge in [-0.05, 0) is 36.4 Å². The molecule has 0 aliphatic heterocycles. The fourth-order valence-electron chi connectivity index (χ4n) is 1.98. The molecule has 0 unspecified atom stereocenters. The van der Waals surface area contributed by atoms with Gasteiger partial charge in [0.05, 0.1) is 14.1 Å². The summed E-state index contributed by atoms with van der Waals surface area (Å²) in [5.74, 6) is 0.318. The second-order valence-corrected chi connectivity index (χ2v) is 4.85. The molecule has 0 aliphatic rings. The van der Waals surface area contributed by atoms with Gasteiger partial charge in [0.25, 0.3) is 0 Å². The number of hydrogen-bond acceptors (Lipinski definition) is 1. The molecule has 0 fully saturated rings. The molecule has 2 nitrogen and oxygen atoms in total. The molecule has 0 bridgehead atoms. The summed E-state index contributed by atoms with van der Waals surface area (Å²) in [5, 5.41) is 9.27. The lowest BCUT2D eigenvalue weighted by atomic mass is 10.1. The molecule has 2 aromatic carbocycles. The van der Waals surface area contributed by atoms with E-state index in [-0.39, 0.29) is 0 Å². The highest BCUT2D eigenvalue weighted by molar-refractivity contribution is 5.42. The number of nitrogens with zero attached hydrogens (tertiary/aromatic N) is 1. The molecular formula is C15H18NO+. The van der Waals surface area contributed by atoms with Gasteiger partial charge in [-0.15, -0.1) is 0 Å². The van der Waals surface area contributed by atoms with Crippen LogP contribution in [-0.4, -0.2) is 19.2 Å². The van der Waals surface area contributed by atoms with Crippen molar-refractivity contribution in [3.05, 3.63) is 60.2 Å². The first-order valence-electron chi connectivity index (χ1n) is 5.74. The monoisotopic (exact) mass is 228 g/mol. The lowest BCUT2D eigenvalue weighted by Gasteiger charge is -2.29. The molecule has 2 rings (SSSR count). The second-order valence-electron chi connectivity index (χ2n) is 4.85. The van der Waals surface area contributed by atoms with Crippen LogP contribution < -0.4 is 4.48 Å². The number of hydrogen-bond donors (Lipinski definition) is 1. The number of phenolic OH excluding ortho intramolecular Hbond substituents is 1. The minimum Gasteiger partial charge on any atom is -0.508 e. The van der Waals surface area contributed by atoms with E-state index >= 15 is 0 Å². The van der Waals surface area contributed by atoms with E-state index in [1.54, 1.807) is 12.1 Å². The Morgan fingerprint density at radius 1 is 0.882 bits per heavy atom. The summed E-state index contributed by atoms with van der Waals surface area (Å²) in [7, 11) is 4.37. The summed E-state index contributed by atoms with van der Waals surface area (Å²) in [6.07, 6.45) is 0. The van der Waals surface area contributed by atoms with Crippen LogP contribution in [0.25, 0.3) is 0 Å². The molecule has 1 N–H and O–H groups in total. The molecule has 0 saturated carbocycles. The summed E-state index contributed by atoms with van der Waals surface area (Å²) in [5.41, 5.74) is 2.50. The SMILES string of the molecule is C[N+](C)(Cc1ccc(O)cc1)c1ccccc1. The van der Waals surface area contributed by atoms with Crippen molar-refractivity contribution in [2.45, 2.75) is 6.54 Å². The summed E-state index contributed by atoms with van der Waals surface area (Å²) in [6.45, 7) is 0.907. The van der Waals surface area contributed by atoms with Crippen LogP contribution in [0.15, 0.2) is 54.6 Å². The van der Waals surface area contributed by atoms with Gasteiger partial charge in [-0.1, -0.05) is 18.2 Å². The van der Waals surface area contributed by atoms with E-state index in [2.05, 4.69) is 38.4 Å². The van der Waals surface area contributed by atoms with Gasteiger partial charge in [0.1, 0.15) is 18.0 Å². The Morgan fingerprint density at radius 2 is 1.47 bits per heavy atom. The molecule has 0 heterocycles. The van der Waals surface area contributed by atoms with E-state index < -0.39 is 0 Å². The number of benzene rings is 2. The maximum Gasteiger partial charge on any atom is 0.132 e. The lowest BCUT2D eigenvalue weighted by molar-refractivity contribution is 0.391. The summed E-state index contributed by atoms with van der Waals surface area (Å²) < 4.78 is 0.797. The Balaban J connectivity index is 2.20. The highest BCUT2D eigenvalue weighted by atomic mass is 16.3. The molecule has 0 spiro atoms. The number of rotatable bonds is 3. The molecule has 0 amide bonds. The van der Waals surface area contributed by atoms with Crippen molar-refractivity contribution in [2.75, 3.05) is 14.1 Å². The average molecular weight is 228 g/mol. The molecule has 0 aliphatic carbocycles. The quantitative estimate of drug-likeness (QED) is 0.800. The van der Waals surface area contributed by atoms with Gasteiger partial charge in [0.2, 0.25) is 0 Å². The zero-order valence-corrected chi connectivity index (χ0v) is 10.3. The van der Waals surface area contributed by atoms with Gasteiger partial charge >= 0.3 is 0 Å². The van der Waals surface area contributed by atoms with Gasteiger partial charge in [-0.25, -0.2) is 0 Å². The minimum atomic E-state index is 0.318. The van der Waals surface area contributed by atoms with Gasteiger partial charge in [0.15, 0.2) is 0 Å². The standard InChI is InChI=1S/C15H17NO/c1-16(2,14-6-4-3-5-7-14)12-13-8-10-15(17)11-9-13/h3-11H,12H2,1-2H3/p+1. The van der Waals surface area contributed by atoms with Crippen molar-refractivity contribution in [3.8, 4) is 5.75 Å². The summed E-state index contributed by atoms with van der Waals surface area (Å²) in [4.78, 5) is 0. The van der Waals surface area contributed by atoms with Crippen LogP contribution in [-0.2, 0) is 6.54 Å². The van der Waals surface area contributed by atoms with Crippen LogP contribution in [0.1, 0.15) is 5.56 Å². The Hall–Kier alpha value is -1.80. The van der Waals surface area contributed by atoms with Crippen molar-refractivity contribution in [2.24, 2.45) is 0 Å². The van der Waals surface area contributed by atoms with E-state index in [0.717, 1.165) is 11.0 Å². The maximum atomic E-state index is 9.27. The molecule has 88 valence electrons. The summed E-state index contributed by atoms with van der Waals surface area (Å²) >= 11 is 0. The maximum absolute atomic E-state index is 9.27. The van der Waals surface area contributed by atoms with Gasteiger partial charge in [0, 0.05) is 5.56 Å². The zero-order chi connectivity index (χ0) is 12.3. The first-order chi connectivity index (χ1) is 8.08. The van der Waals surface area contributed by atoms with E-state index in [1.165, 1.54) is 11.3 Å². The predicted octanol–water partition coefficient (Wildman–Crippen LogP) is 3.16. The highest BCUT2D eigenvalue weighted by Gasteiger charge is 2.18. The van der Waals surface area contributed by atoms with Crippen molar-refractivity contribution in [3.63, 3.8) is 0 Å². The Bertz CT molecular complexity index is 474. The normalized spacial score (nSPS) is 11.4. The fraction of sp³-hybridized carbons (Fsp3) is 0.200. The Morgan fingerprint density at radius 3 is 2.06 bits per heavy atom. The summed E-state index contributed by atoms with van der Waals surface area (Å²) in [6, 6.07) is 17.8. The largest absolute Gasteiger partial charge is 0.508 e. The highest BCUT2D eigenvalue weighted by Crippen LogP contribution is 2.22. The third kappa shape index (κ3) is 2.86. The third-order valence-electron chi connectivity index (χ3n) is 2.97. The van der Waals surface area contributed by atoms with Crippen molar-refractivity contribution < 1.29 is 5.11 Å². The number of para-hydroxylation sites is 1. The minimum absolute atomic E-state index is 0.318. The lowest BCUT2D eigenvalue weighted by Crippen LogP contribution is -2.39. The number of phenols is 1. The Kier molecular flexibility index (Phi) is 3.16. The zero-order valence-electron chi connectivity index (χ0n) is 10.3. The van der Waals surface area contributed by atoms with Crippen LogP contribution in [0, 0.1) is 0 Å². The van der Waals surface area contributed by atoms with Crippen LogP contribution >= 0.6 is 0 Å². The van der Waals surface area contributed by atoms with Crippen LogP contribution in [0.4, 0.5) is 5.69 Å². The second kappa shape index (κ2) is 4.60. The molecule has 17 heavy (non-hydrogen) atoms. The number of quaternary nitrogens is 1. The molecule has 0 aromatic heterocycles. The van der Waals surface area contributed by atoms with Crippen LogP contribution in [0.3, 0.4) is 0 Å². The van der Waals surface area contributed by atoms with Crippen molar-refractivity contribution >= 4 is 5.69 Å². The van der Waals surface area contributed by atoms with Crippen molar-refractivity contribution in [1.29, 1.82) is 0 Å². The molecule has 0 atom stereocenters. The third-order valence-corrected chi connectivity index (χ3v) is 2.97. The smallest absolute Gasteiger partial charge is 0.132 e. The van der Waals surface area contributed by atoms with Gasteiger partial charge in [-0.2, -0.15) is 0 Å². The topological polar surface area (TPSA) is 20.2 Å². The number of aromatic hydroxyl groups is 1.